The highest BCUT2D eigenvalue weighted by atomic mass is 32.2. The number of carbonyl (C=O) groups is 1. The fourth-order valence-electron chi connectivity index (χ4n) is 3.27. The zero-order valence-electron chi connectivity index (χ0n) is 14.4. The Balaban J connectivity index is 1.55. The van der Waals surface area contributed by atoms with Crippen LogP contribution in [0.25, 0.3) is 10.9 Å². The minimum atomic E-state index is 0.0506. The van der Waals surface area contributed by atoms with Crippen LogP contribution in [0.15, 0.2) is 53.6 Å². The van der Waals surface area contributed by atoms with Gasteiger partial charge < -0.3 is 4.90 Å². The Morgan fingerprint density at radius 2 is 2.12 bits per heavy atom. The second-order valence-electron chi connectivity index (χ2n) is 6.36. The number of fused-ring (bicyclic) bond motifs is 2. The van der Waals surface area contributed by atoms with E-state index < -0.39 is 0 Å². The third kappa shape index (κ3) is 3.04. The molecule has 0 unspecified atom stereocenters. The number of nitrogens with zero attached hydrogens (tertiary/aromatic N) is 3. The molecule has 5 heteroatoms. The Bertz CT molecular complexity index is 1050. The highest BCUT2D eigenvalue weighted by Gasteiger charge is 2.24. The van der Waals surface area contributed by atoms with Crippen LogP contribution in [0.3, 0.4) is 0 Å². The maximum atomic E-state index is 12.7. The molecular weight excluding hydrogens is 342 g/mol. The predicted molar refractivity (Wildman–Crippen MR) is 104 cm³/mol. The Kier molecular flexibility index (Phi) is 4.36. The van der Waals surface area contributed by atoms with Crippen molar-refractivity contribution in [1.29, 1.82) is 5.26 Å². The number of anilines is 1. The molecule has 0 bridgehead atoms. The molecule has 3 aromatic rings. The van der Waals surface area contributed by atoms with Gasteiger partial charge in [-0.3, -0.25) is 4.79 Å². The largest absolute Gasteiger partial charge is 0.311 e. The van der Waals surface area contributed by atoms with E-state index in [4.69, 9.17) is 0 Å². The number of carbonyl (C=O) groups excluding carboxylic acids is 1. The summed E-state index contributed by atoms with van der Waals surface area (Å²) >= 11 is 1.34. The first kappa shape index (κ1) is 16.6. The number of amides is 1. The molecule has 4 rings (SSSR count). The van der Waals surface area contributed by atoms with Gasteiger partial charge in [-0.1, -0.05) is 41.6 Å². The second kappa shape index (κ2) is 6.81. The van der Waals surface area contributed by atoms with E-state index >= 15 is 0 Å². The van der Waals surface area contributed by atoms with Gasteiger partial charge in [0.25, 0.3) is 0 Å². The number of aryl methyl sites for hydroxylation is 1. The number of nitriles is 1. The average molecular weight is 359 g/mol. The van der Waals surface area contributed by atoms with E-state index in [0.717, 1.165) is 28.6 Å². The van der Waals surface area contributed by atoms with Crippen LogP contribution in [-0.2, 0) is 11.2 Å². The molecule has 2 heterocycles. The zero-order chi connectivity index (χ0) is 18.1. The summed E-state index contributed by atoms with van der Waals surface area (Å²) in [5, 5.41) is 11.0. The van der Waals surface area contributed by atoms with Gasteiger partial charge in [0.15, 0.2) is 0 Å². The van der Waals surface area contributed by atoms with E-state index in [0.29, 0.717) is 17.1 Å². The lowest BCUT2D eigenvalue weighted by atomic mass is 10.1. The molecule has 0 aliphatic carbocycles. The minimum Gasteiger partial charge on any atom is -0.311 e. The number of pyridine rings is 1. The number of aromatic nitrogens is 1. The quantitative estimate of drug-likeness (QED) is 0.661. The summed E-state index contributed by atoms with van der Waals surface area (Å²) in [4.78, 5) is 19.1. The van der Waals surface area contributed by atoms with Crippen LogP contribution in [0.5, 0.6) is 0 Å². The van der Waals surface area contributed by atoms with Crippen LogP contribution in [0, 0.1) is 18.3 Å². The standard InChI is InChI=1S/C21H17N3OS/c1-14-6-7-18-16(10-14)11-17(12-22)21(23-18)26-13-20(25)24-9-8-15-4-2-3-5-19(15)24/h2-7,10-11H,8-9,13H2,1H3. The van der Waals surface area contributed by atoms with Crippen molar-refractivity contribution in [3.05, 3.63) is 65.2 Å². The van der Waals surface area contributed by atoms with Crippen LogP contribution >= 0.6 is 11.8 Å². The minimum absolute atomic E-state index is 0.0506. The molecule has 0 fully saturated rings. The molecule has 4 nitrogen and oxygen atoms in total. The van der Waals surface area contributed by atoms with Crippen molar-refractivity contribution in [2.24, 2.45) is 0 Å². The van der Waals surface area contributed by atoms with Crippen LogP contribution in [-0.4, -0.2) is 23.2 Å². The van der Waals surface area contributed by atoms with Gasteiger partial charge in [-0.25, -0.2) is 4.98 Å². The smallest absolute Gasteiger partial charge is 0.237 e. The van der Waals surface area contributed by atoms with Gasteiger partial charge in [-0.05, 0) is 43.2 Å². The van der Waals surface area contributed by atoms with Crippen molar-refractivity contribution in [3.63, 3.8) is 0 Å². The van der Waals surface area contributed by atoms with Gasteiger partial charge >= 0.3 is 0 Å². The highest BCUT2D eigenvalue weighted by Crippen LogP contribution is 2.30. The molecule has 1 aliphatic heterocycles. The molecule has 0 saturated heterocycles. The number of hydrogen-bond acceptors (Lipinski definition) is 4. The van der Waals surface area contributed by atoms with Crippen LogP contribution < -0.4 is 4.90 Å². The second-order valence-corrected chi connectivity index (χ2v) is 7.33. The summed E-state index contributed by atoms with van der Waals surface area (Å²) in [5.41, 5.74) is 4.70. The van der Waals surface area contributed by atoms with E-state index in [1.165, 1.54) is 17.3 Å². The summed E-state index contributed by atoms with van der Waals surface area (Å²) < 4.78 is 0. The molecule has 0 spiro atoms. The van der Waals surface area contributed by atoms with Gasteiger partial charge in [-0.15, -0.1) is 0 Å². The Morgan fingerprint density at radius 3 is 2.96 bits per heavy atom. The van der Waals surface area contributed by atoms with E-state index in [2.05, 4.69) is 17.1 Å². The van der Waals surface area contributed by atoms with Crippen LogP contribution in [0.1, 0.15) is 16.7 Å². The third-order valence-corrected chi connectivity index (χ3v) is 5.55. The Hall–Kier alpha value is -2.84. The summed E-state index contributed by atoms with van der Waals surface area (Å²) in [6.45, 7) is 2.73. The van der Waals surface area contributed by atoms with Crippen LogP contribution in [0.2, 0.25) is 0 Å². The fourth-order valence-corrected chi connectivity index (χ4v) is 4.11. The van der Waals surface area contributed by atoms with E-state index in [1.807, 2.05) is 54.3 Å². The van der Waals surface area contributed by atoms with Gasteiger partial charge in [0.2, 0.25) is 5.91 Å². The SMILES string of the molecule is Cc1ccc2nc(SCC(=O)N3CCc4ccccc43)c(C#N)cc2c1. The molecule has 0 N–H and O–H groups in total. The normalized spacial score (nSPS) is 12.8. The summed E-state index contributed by atoms with van der Waals surface area (Å²) in [5.74, 6) is 0.322. The molecule has 1 amide bonds. The lowest BCUT2D eigenvalue weighted by Crippen LogP contribution is -2.30. The topological polar surface area (TPSA) is 57.0 Å². The maximum absolute atomic E-state index is 12.7. The van der Waals surface area contributed by atoms with Crippen LogP contribution in [0.4, 0.5) is 5.69 Å². The van der Waals surface area contributed by atoms with Crippen molar-refractivity contribution in [3.8, 4) is 6.07 Å². The van der Waals surface area contributed by atoms with Gasteiger partial charge in [0, 0.05) is 17.6 Å². The van der Waals surface area contributed by atoms with Gasteiger partial charge in [0.05, 0.1) is 16.8 Å². The number of thioether (sulfide) groups is 1. The highest BCUT2D eigenvalue weighted by molar-refractivity contribution is 8.00. The Labute approximate surface area is 156 Å². The first-order chi connectivity index (χ1) is 12.7. The maximum Gasteiger partial charge on any atom is 0.237 e. The predicted octanol–water partition coefficient (Wildman–Crippen LogP) is 4.10. The summed E-state index contributed by atoms with van der Waals surface area (Å²) in [6.07, 6.45) is 0.892. The number of benzene rings is 2. The molecule has 128 valence electrons. The molecular formula is C21H17N3OS. The first-order valence-corrected chi connectivity index (χ1v) is 9.47. The number of para-hydroxylation sites is 1. The first-order valence-electron chi connectivity index (χ1n) is 8.48. The molecule has 2 aromatic carbocycles. The van der Waals surface area contributed by atoms with Crippen molar-refractivity contribution in [2.45, 2.75) is 18.4 Å². The lowest BCUT2D eigenvalue weighted by Gasteiger charge is -2.17. The Morgan fingerprint density at radius 1 is 1.27 bits per heavy atom. The molecule has 0 atom stereocenters. The van der Waals surface area contributed by atoms with Crippen molar-refractivity contribution < 1.29 is 4.79 Å². The summed E-state index contributed by atoms with van der Waals surface area (Å²) in [7, 11) is 0. The fraction of sp³-hybridized carbons (Fsp3) is 0.190. The lowest BCUT2D eigenvalue weighted by molar-refractivity contribution is -0.116. The zero-order valence-corrected chi connectivity index (χ0v) is 15.2. The average Bonchev–Trinajstić information content (AvgIpc) is 3.09. The van der Waals surface area contributed by atoms with Gasteiger partial charge in [0.1, 0.15) is 11.1 Å². The van der Waals surface area contributed by atoms with Crippen molar-refractivity contribution in [2.75, 3.05) is 17.2 Å². The molecule has 1 aromatic heterocycles. The molecule has 1 aliphatic rings. The molecule has 26 heavy (non-hydrogen) atoms. The van der Waals surface area contributed by atoms with E-state index in [1.54, 1.807) is 0 Å². The van der Waals surface area contributed by atoms with Crippen molar-refractivity contribution >= 4 is 34.3 Å². The molecule has 0 saturated carbocycles. The van der Waals surface area contributed by atoms with E-state index in [-0.39, 0.29) is 11.7 Å². The van der Waals surface area contributed by atoms with Crippen molar-refractivity contribution in [1.82, 2.24) is 4.98 Å². The summed E-state index contributed by atoms with van der Waals surface area (Å²) in [6, 6.07) is 18.0. The number of hydrogen-bond donors (Lipinski definition) is 0. The number of rotatable bonds is 3. The third-order valence-electron chi connectivity index (χ3n) is 4.58. The van der Waals surface area contributed by atoms with E-state index in [9.17, 15) is 10.1 Å². The van der Waals surface area contributed by atoms with Gasteiger partial charge in [-0.2, -0.15) is 5.26 Å². The molecule has 0 radical (unpaired) electrons. The monoisotopic (exact) mass is 359 g/mol.